The summed E-state index contributed by atoms with van der Waals surface area (Å²) in [5.41, 5.74) is 2.69. The van der Waals surface area contributed by atoms with Gasteiger partial charge in [-0.25, -0.2) is 12.8 Å². The highest BCUT2D eigenvalue weighted by Crippen LogP contribution is 2.26. The number of hydrogen-bond acceptors (Lipinski definition) is 4. The van der Waals surface area contributed by atoms with Crippen molar-refractivity contribution in [3.8, 4) is 0 Å². The Labute approximate surface area is 224 Å². The van der Waals surface area contributed by atoms with Crippen LogP contribution in [0.15, 0.2) is 77.7 Å². The zero-order valence-electron chi connectivity index (χ0n) is 22.1. The topological polar surface area (TPSA) is 86.8 Å². The number of amides is 2. The van der Waals surface area contributed by atoms with Crippen molar-refractivity contribution in [3.05, 3.63) is 95.3 Å². The van der Waals surface area contributed by atoms with Gasteiger partial charge < -0.3 is 10.2 Å². The van der Waals surface area contributed by atoms with Crippen molar-refractivity contribution < 1.29 is 22.4 Å². The summed E-state index contributed by atoms with van der Waals surface area (Å²) < 4.78 is 42.2. The molecule has 0 aliphatic heterocycles. The van der Waals surface area contributed by atoms with Gasteiger partial charge in [-0.1, -0.05) is 48.9 Å². The van der Waals surface area contributed by atoms with Gasteiger partial charge in [-0.2, -0.15) is 0 Å². The Morgan fingerprint density at radius 1 is 0.921 bits per heavy atom. The number of aryl methyl sites for hydroxylation is 2. The van der Waals surface area contributed by atoms with Crippen molar-refractivity contribution in [2.75, 3.05) is 17.4 Å². The molecule has 38 heavy (non-hydrogen) atoms. The lowest BCUT2D eigenvalue weighted by Crippen LogP contribution is -2.52. The second-order valence-corrected chi connectivity index (χ2v) is 11.0. The molecule has 1 N–H and O–H groups in total. The smallest absolute Gasteiger partial charge is 0.264 e. The zero-order valence-corrected chi connectivity index (χ0v) is 23.0. The zero-order chi connectivity index (χ0) is 27.9. The van der Waals surface area contributed by atoms with Crippen LogP contribution in [0.3, 0.4) is 0 Å². The molecule has 0 bridgehead atoms. The molecule has 0 aromatic heterocycles. The summed E-state index contributed by atoms with van der Waals surface area (Å²) >= 11 is 0. The molecule has 2 amide bonds. The van der Waals surface area contributed by atoms with Gasteiger partial charge in [0.1, 0.15) is 18.4 Å². The van der Waals surface area contributed by atoms with Crippen molar-refractivity contribution in [3.63, 3.8) is 0 Å². The number of nitrogens with one attached hydrogen (secondary N) is 1. The standard InChI is InChI=1S/C29H34FN3O4S/c1-5-27(29(35)31-6-2)32(19-23-12-14-24(30)15-13-23)28(34)20-33(25-9-7-8-22(4)18-25)38(36,37)26-16-10-21(3)11-17-26/h7-18,27H,5-6,19-20H2,1-4H3,(H,31,35)/t27-/m1/s1. The van der Waals surface area contributed by atoms with E-state index in [0.29, 0.717) is 24.2 Å². The van der Waals surface area contributed by atoms with Crippen LogP contribution in [0.4, 0.5) is 10.1 Å². The molecule has 3 aromatic rings. The van der Waals surface area contributed by atoms with Crippen LogP contribution in [0.5, 0.6) is 0 Å². The highest BCUT2D eigenvalue weighted by Gasteiger charge is 2.33. The lowest BCUT2D eigenvalue weighted by atomic mass is 10.1. The maximum absolute atomic E-state index is 13.9. The fourth-order valence-electron chi connectivity index (χ4n) is 4.15. The second kappa shape index (κ2) is 12.7. The summed E-state index contributed by atoms with van der Waals surface area (Å²) in [7, 11) is -4.12. The van der Waals surface area contributed by atoms with E-state index in [0.717, 1.165) is 15.4 Å². The van der Waals surface area contributed by atoms with E-state index in [1.54, 1.807) is 56.3 Å². The number of nitrogens with zero attached hydrogens (tertiary/aromatic N) is 2. The molecule has 1 atom stereocenters. The fraction of sp³-hybridized carbons (Fsp3) is 0.310. The molecular weight excluding hydrogens is 505 g/mol. The van der Waals surface area contributed by atoms with Crippen molar-refractivity contribution in [1.29, 1.82) is 0 Å². The van der Waals surface area contributed by atoms with Gasteiger partial charge in [0.05, 0.1) is 10.6 Å². The van der Waals surface area contributed by atoms with Gasteiger partial charge in [0.15, 0.2) is 0 Å². The van der Waals surface area contributed by atoms with E-state index in [-0.39, 0.29) is 17.3 Å². The molecule has 0 unspecified atom stereocenters. The van der Waals surface area contributed by atoms with Crippen LogP contribution in [0.2, 0.25) is 0 Å². The van der Waals surface area contributed by atoms with E-state index in [1.807, 2.05) is 19.9 Å². The predicted molar refractivity (Wildman–Crippen MR) is 147 cm³/mol. The molecule has 0 radical (unpaired) electrons. The third kappa shape index (κ3) is 6.98. The lowest BCUT2D eigenvalue weighted by molar-refractivity contribution is -0.140. The normalized spacial score (nSPS) is 12.0. The van der Waals surface area contributed by atoms with Crippen LogP contribution in [-0.2, 0) is 26.2 Å². The molecule has 0 heterocycles. The Bertz CT molecular complexity index is 1360. The van der Waals surface area contributed by atoms with Crippen molar-refractivity contribution in [1.82, 2.24) is 10.2 Å². The highest BCUT2D eigenvalue weighted by atomic mass is 32.2. The van der Waals surface area contributed by atoms with E-state index < -0.39 is 34.3 Å². The Morgan fingerprint density at radius 3 is 2.16 bits per heavy atom. The van der Waals surface area contributed by atoms with Gasteiger partial charge in [-0.15, -0.1) is 0 Å². The molecule has 0 saturated carbocycles. The number of halogens is 1. The Hall–Kier alpha value is -3.72. The highest BCUT2D eigenvalue weighted by molar-refractivity contribution is 7.92. The van der Waals surface area contributed by atoms with E-state index in [1.165, 1.54) is 29.2 Å². The van der Waals surface area contributed by atoms with Crippen LogP contribution in [0, 0.1) is 19.7 Å². The maximum atomic E-state index is 13.9. The molecule has 9 heteroatoms. The summed E-state index contributed by atoms with van der Waals surface area (Å²) in [6.07, 6.45) is 0.313. The lowest BCUT2D eigenvalue weighted by Gasteiger charge is -2.33. The summed E-state index contributed by atoms with van der Waals surface area (Å²) in [5, 5.41) is 2.76. The van der Waals surface area contributed by atoms with Gasteiger partial charge in [-0.05, 0) is 74.7 Å². The Morgan fingerprint density at radius 2 is 1.58 bits per heavy atom. The summed E-state index contributed by atoms with van der Waals surface area (Å²) in [4.78, 5) is 28.2. The molecular formula is C29H34FN3O4S. The quantitative estimate of drug-likeness (QED) is 0.387. The number of sulfonamides is 1. The van der Waals surface area contributed by atoms with Crippen molar-refractivity contribution in [2.24, 2.45) is 0 Å². The average molecular weight is 540 g/mol. The summed E-state index contributed by atoms with van der Waals surface area (Å²) in [5.74, 6) is -1.31. The number of benzene rings is 3. The third-order valence-corrected chi connectivity index (χ3v) is 7.97. The molecule has 0 fully saturated rings. The van der Waals surface area contributed by atoms with Crippen LogP contribution in [0.1, 0.15) is 37.0 Å². The number of hydrogen-bond donors (Lipinski definition) is 1. The third-order valence-electron chi connectivity index (χ3n) is 6.18. The van der Waals surface area contributed by atoms with Crippen molar-refractivity contribution in [2.45, 2.75) is 51.6 Å². The molecule has 202 valence electrons. The molecule has 3 rings (SSSR count). The molecule has 0 saturated heterocycles. The Balaban J connectivity index is 2.05. The van der Waals surface area contributed by atoms with E-state index >= 15 is 0 Å². The minimum absolute atomic E-state index is 0.0149. The second-order valence-electron chi connectivity index (χ2n) is 9.13. The molecule has 3 aromatic carbocycles. The predicted octanol–water partition coefficient (Wildman–Crippen LogP) is 4.58. The minimum Gasteiger partial charge on any atom is -0.355 e. The monoisotopic (exact) mass is 539 g/mol. The number of rotatable bonds is 11. The van der Waals surface area contributed by atoms with Crippen LogP contribution in [-0.4, -0.2) is 44.3 Å². The molecule has 7 nitrogen and oxygen atoms in total. The van der Waals surface area contributed by atoms with Crippen LogP contribution in [0.25, 0.3) is 0 Å². The van der Waals surface area contributed by atoms with Crippen molar-refractivity contribution >= 4 is 27.5 Å². The number of anilines is 1. The average Bonchev–Trinajstić information content (AvgIpc) is 2.88. The fourth-order valence-corrected chi connectivity index (χ4v) is 5.55. The van der Waals surface area contributed by atoms with E-state index in [2.05, 4.69) is 5.32 Å². The SMILES string of the molecule is CCNC(=O)[C@@H](CC)N(Cc1ccc(F)cc1)C(=O)CN(c1cccc(C)c1)S(=O)(=O)c1ccc(C)cc1. The van der Waals surface area contributed by atoms with Gasteiger partial charge in [0.25, 0.3) is 10.0 Å². The largest absolute Gasteiger partial charge is 0.355 e. The maximum Gasteiger partial charge on any atom is 0.264 e. The molecule has 0 aliphatic carbocycles. The first-order valence-corrected chi connectivity index (χ1v) is 14.0. The molecule has 0 aliphatic rings. The summed E-state index contributed by atoms with van der Waals surface area (Å²) in [6, 6.07) is 18.1. The first kappa shape index (κ1) is 28.8. The number of carbonyl (C=O) groups excluding carboxylic acids is 2. The van der Waals surface area contributed by atoms with Crippen LogP contribution >= 0.6 is 0 Å². The number of likely N-dealkylation sites (N-methyl/N-ethyl adjacent to an activating group) is 1. The first-order chi connectivity index (χ1) is 18.1. The number of carbonyl (C=O) groups is 2. The first-order valence-electron chi connectivity index (χ1n) is 12.5. The Kier molecular flexibility index (Phi) is 9.63. The van der Waals surface area contributed by atoms with Gasteiger partial charge in [0.2, 0.25) is 11.8 Å². The van der Waals surface area contributed by atoms with E-state index in [4.69, 9.17) is 0 Å². The van der Waals surface area contributed by atoms with Gasteiger partial charge in [-0.3, -0.25) is 13.9 Å². The van der Waals surface area contributed by atoms with E-state index in [9.17, 15) is 22.4 Å². The minimum atomic E-state index is -4.12. The molecule has 0 spiro atoms. The summed E-state index contributed by atoms with van der Waals surface area (Å²) in [6.45, 7) is 7.14. The van der Waals surface area contributed by atoms with Crippen LogP contribution < -0.4 is 9.62 Å². The van der Waals surface area contributed by atoms with Gasteiger partial charge >= 0.3 is 0 Å². The van der Waals surface area contributed by atoms with Gasteiger partial charge in [0, 0.05) is 13.1 Å².